The van der Waals surface area contributed by atoms with E-state index in [1.54, 1.807) is 30.3 Å². The molecule has 4 heteroatoms. The van der Waals surface area contributed by atoms with Gasteiger partial charge in [-0.3, -0.25) is 0 Å². The summed E-state index contributed by atoms with van der Waals surface area (Å²) in [5.74, 6) is -0.314. The molecule has 0 aliphatic carbocycles. The molecule has 2 aromatic carbocycles. The Hall–Kier alpha value is -2.12. The lowest BCUT2D eigenvalue weighted by Crippen LogP contribution is -2.27. The van der Waals surface area contributed by atoms with Crippen molar-refractivity contribution < 1.29 is 8.42 Å². The zero-order valence-corrected chi connectivity index (χ0v) is 14.0. The summed E-state index contributed by atoms with van der Waals surface area (Å²) < 4.78 is 25.8. The Kier molecular flexibility index (Phi) is 5.95. The van der Waals surface area contributed by atoms with Crippen LogP contribution in [0.3, 0.4) is 0 Å². The molecular weight excluding hydrogens is 306 g/mol. The molecule has 0 amide bonds. The topological polar surface area (TPSA) is 57.9 Å². The van der Waals surface area contributed by atoms with Crippen LogP contribution >= 0.6 is 0 Å². The van der Waals surface area contributed by atoms with Crippen molar-refractivity contribution in [2.75, 3.05) is 0 Å². The minimum atomic E-state index is -3.69. The van der Waals surface area contributed by atoms with E-state index >= 15 is 0 Å². The largest absolute Gasteiger partial charge is 0.222 e. The molecule has 0 bridgehead atoms. The molecule has 3 nitrogen and oxygen atoms in total. The summed E-state index contributed by atoms with van der Waals surface area (Å²) in [7, 11) is -3.69. The Morgan fingerprint density at radius 1 is 1.00 bits per heavy atom. The van der Waals surface area contributed by atoms with Crippen molar-refractivity contribution in [3.63, 3.8) is 0 Å². The normalized spacial score (nSPS) is 13.9. The summed E-state index contributed by atoms with van der Waals surface area (Å²) in [5, 5.41) is 8.55. The second-order valence-corrected chi connectivity index (χ2v) is 7.64. The van der Waals surface area contributed by atoms with Gasteiger partial charge >= 0.3 is 0 Å². The quantitative estimate of drug-likeness (QED) is 0.760. The second kappa shape index (κ2) is 7.94. The van der Waals surface area contributed by atoms with Gasteiger partial charge in [0.1, 0.15) is 0 Å². The predicted molar refractivity (Wildman–Crippen MR) is 91.7 cm³/mol. The first-order valence-corrected chi connectivity index (χ1v) is 9.39. The van der Waals surface area contributed by atoms with Crippen LogP contribution in [0.5, 0.6) is 0 Å². The molecule has 0 radical (unpaired) electrons. The first kappa shape index (κ1) is 17.2. The number of sulfone groups is 1. The van der Waals surface area contributed by atoms with Crippen LogP contribution in [0.25, 0.3) is 0 Å². The lowest BCUT2D eigenvalue weighted by molar-refractivity contribution is 0.549. The van der Waals surface area contributed by atoms with Crippen LogP contribution in [0.4, 0.5) is 0 Å². The van der Waals surface area contributed by atoms with Crippen LogP contribution in [0.1, 0.15) is 37.7 Å². The van der Waals surface area contributed by atoms with Crippen molar-refractivity contribution in [1.29, 1.82) is 5.26 Å². The Morgan fingerprint density at radius 2 is 1.57 bits per heavy atom. The molecule has 0 aliphatic heterocycles. The van der Waals surface area contributed by atoms with Crippen LogP contribution in [-0.4, -0.2) is 13.7 Å². The molecule has 23 heavy (non-hydrogen) atoms. The fraction of sp³-hybridized carbons (Fsp3) is 0.316. The molecular formula is C19H21NO2S. The van der Waals surface area contributed by atoms with Crippen LogP contribution in [0, 0.1) is 11.3 Å². The Bertz CT molecular complexity index is 749. The van der Waals surface area contributed by atoms with Gasteiger partial charge in [-0.05, 0) is 24.1 Å². The Morgan fingerprint density at radius 3 is 2.09 bits per heavy atom. The minimum Gasteiger partial charge on any atom is -0.222 e. The highest BCUT2D eigenvalue weighted by atomic mass is 32.2. The van der Waals surface area contributed by atoms with Crippen LogP contribution < -0.4 is 0 Å². The predicted octanol–water partition coefficient (Wildman–Crippen LogP) is 4.33. The molecule has 2 rings (SSSR count). The highest BCUT2D eigenvalue weighted by Gasteiger charge is 2.35. The molecule has 2 atom stereocenters. The number of hydrogen-bond acceptors (Lipinski definition) is 3. The molecule has 0 fully saturated rings. The van der Waals surface area contributed by atoms with E-state index in [1.807, 2.05) is 30.3 Å². The van der Waals surface area contributed by atoms with Crippen LogP contribution in [-0.2, 0) is 9.84 Å². The molecule has 0 saturated carbocycles. The van der Waals surface area contributed by atoms with Gasteiger partial charge in [0.2, 0.25) is 0 Å². The maximum absolute atomic E-state index is 12.9. The summed E-state index contributed by atoms with van der Waals surface area (Å²) in [5.41, 5.74) is 0.909. The van der Waals surface area contributed by atoms with Gasteiger partial charge in [-0.25, -0.2) is 8.42 Å². The maximum Gasteiger partial charge on any atom is 0.195 e. The summed E-state index contributed by atoms with van der Waals surface area (Å²) in [6.45, 7) is 2.06. The van der Waals surface area contributed by atoms with Crippen molar-refractivity contribution in [2.45, 2.75) is 42.2 Å². The second-order valence-electron chi connectivity index (χ2n) is 5.57. The smallest absolute Gasteiger partial charge is 0.195 e. The number of benzene rings is 2. The zero-order valence-electron chi connectivity index (χ0n) is 13.2. The first-order chi connectivity index (χ1) is 11.1. The average molecular weight is 327 g/mol. The zero-order chi connectivity index (χ0) is 16.7. The van der Waals surface area contributed by atoms with Crippen molar-refractivity contribution in [3.8, 4) is 6.07 Å². The van der Waals surface area contributed by atoms with E-state index in [1.165, 1.54) is 0 Å². The van der Waals surface area contributed by atoms with E-state index in [2.05, 4.69) is 13.0 Å². The van der Waals surface area contributed by atoms with Crippen molar-refractivity contribution >= 4 is 9.84 Å². The summed E-state index contributed by atoms with van der Waals surface area (Å²) in [6.07, 6.45) is 2.54. The monoisotopic (exact) mass is 327 g/mol. The average Bonchev–Trinajstić information content (AvgIpc) is 2.60. The summed E-state index contributed by atoms with van der Waals surface area (Å²) in [6, 6.07) is 19.8. The number of hydrogen-bond donors (Lipinski definition) is 0. The number of unbranched alkanes of at least 4 members (excludes halogenated alkanes) is 1. The van der Waals surface area contributed by atoms with Gasteiger partial charge in [0.05, 0.1) is 11.0 Å². The van der Waals surface area contributed by atoms with E-state index in [9.17, 15) is 13.7 Å². The lowest BCUT2D eigenvalue weighted by atomic mass is 9.91. The van der Waals surface area contributed by atoms with Crippen molar-refractivity contribution in [3.05, 3.63) is 66.2 Å². The van der Waals surface area contributed by atoms with E-state index < -0.39 is 15.1 Å². The van der Waals surface area contributed by atoms with Gasteiger partial charge in [-0.2, -0.15) is 5.26 Å². The Balaban J connectivity index is 2.45. The third kappa shape index (κ3) is 4.00. The number of nitriles is 1. The lowest BCUT2D eigenvalue weighted by Gasteiger charge is -2.22. The Labute approximate surface area is 138 Å². The highest BCUT2D eigenvalue weighted by Crippen LogP contribution is 2.32. The van der Waals surface area contributed by atoms with Crippen LogP contribution in [0.2, 0.25) is 0 Å². The molecule has 0 aliphatic rings. The van der Waals surface area contributed by atoms with Gasteiger partial charge in [0, 0.05) is 5.92 Å². The number of nitrogens with zero attached hydrogens (tertiary/aromatic N) is 1. The molecule has 120 valence electrons. The fourth-order valence-corrected chi connectivity index (χ4v) is 4.44. The number of rotatable bonds is 7. The van der Waals surface area contributed by atoms with Gasteiger partial charge in [0.15, 0.2) is 15.1 Å². The third-order valence-corrected chi connectivity index (χ3v) is 6.03. The first-order valence-electron chi connectivity index (χ1n) is 7.84. The van der Waals surface area contributed by atoms with Crippen molar-refractivity contribution in [2.24, 2.45) is 0 Å². The maximum atomic E-state index is 12.9. The molecule has 0 spiro atoms. The van der Waals surface area contributed by atoms with Gasteiger partial charge < -0.3 is 0 Å². The minimum absolute atomic E-state index is 0.212. The molecule has 0 aromatic heterocycles. The van der Waals surface area contributed by atoms with Gasteiger partial charge in [0.25, 0.3) is 0 Å². The van der Waals surface area contributed by atoms with E-state index in [0.717, 1.165) is 18.4 Å². The standard InChI is InChI=1S/C19H21NO2S/c1-2-3-14-18(16-10-6-4-7-11-16)19(15-20)23(21,22)17-12-8-5-9-13-17/h4-13,18-19H,2-3,14H2,1H3. The molecule has 0 heterocycles. The SMILES string of the molecule is CCCCC(c1ccccc1)C(C#N)S(=O)(=O)c1ccccc1. The molecule has 0 saturated heterocycles. The molecule has 0 N–H and O–H groups in total. The van der Waals surface area contributed by atoms with Gasteiger partial charge in [-0.1, -0.05) is 68.3 Å². The van der Waals surface area contributed by atoms with E-state index in [0.29, 0.717) is 6.42 Å². The highest BCUT2D eigenvalue weighted by molar-refractivity contribution is 7.92. The van der Waals surface area contributed by atoms with Crippen molar-refractivity contribution in [1.82, 2.24) is 0 Å². The van der Waals surface area contributed by atoms with E-state index in [4.69, 9.17) is 0 Å². The molecule has 2 unspecified atom stereocenters. The van der Waals surface area contributed by atoms with E-state index in [-0.39, 0.29) is 10.8 Å². The molecule has 2 aromatic rings. The fourth-order valence-electron chi connectivity index (χ4n) is 2.75. The summed E-state index contributed by atoms with van der Waals surface area (Å²) >= 11 is 0. The van der Waals surface area contributed by atoms with Crippen LogP contribution in [0.15, 0.2) is 65.6 Å². The summed E-state index contributed by atoms with van der Waals surface area (Å²) in [4.78, 5) is 0.212. The van der Waals surface area contributed by atoms with Gasteiger partial charge in [-0.15, -0.1) is 0 Å². The third-order valence-electron chi connectivity index (χ3n) is 4.00.